The summed E-state index contributed by atoms with van der Waals surface area (Å²) in [5.74, 6) is 1.17. The van der Waals surface area contributed by atoms with E-state index in [0.29, 0.717) is 9.08 Å². The third-order valence-electron chi connectivity index (χ3n) is 16.8. The van der Waals surface area contributed by atoms with E-state index in [1.807, 2.05) is 0 Å². The van der Waals surface area contributed by atoms with Crippen LogP contribution in [0.25, 0.3) is 72.1 Å². The Morgan fingerprint density at radius 3 is 1.65 bits per heavy atom. The first-order valence-corrected chi connectivity index (χ1v) is 25.9. The average Bonchev–Trinajstić information content (AvgIpc) is 3.91. The highest BCUT2D eigenvalue weighted by atomic mass is 15.9. The monoisotopic (exact) mass is 936 g/mol. The van der Waals surface area contributed by atoms with Crippen molar-refractivity contribution in [2.45, 2.75) is 84.8 Å². The van der Waals surface area contributed by atoms with Crippen LogP contribution in [0.5, 0.6) is 0 Å². The van der Waals surface area contributed by atoms with E-state index in [4.69, 9.17) is 0 Å². The van der Waals surface area contributed by atoms with Gasteiger partial charge in [-0.25, -0.2) is 4.90 Å². The van der Waals surface area contributed by atoms with Gasteiger partial charge in [0, 0.05) is 40.1 Å². The van der Waals surface area contributed by atoms with E-state index in [1.54, 1.807) is 0 Å². The lowest BCUT2D eigenvalue weighted by Crippen LogP contribution is -2.80. The molecule has 3 unspecified atom stereocenters. The smallest absolute Gasteiger partial charge is 0.231 e. The molecule has 0 saturated carbocycles. The summed E-state index contributed by atoms with van der Waals surface area (Å²) in [7, 11) is 2.52. The van der Waals surface area contributed by atoms with Gasteiger partial charge in [-0.15, -0.1) is 0 Å². The zero-order valence-electron chi connectivity index (χ0n) is 43.2. The maximum absolute atomic E-state index is 2.80. The van der Waals surface area contributed by atoms with Crippen molar-refractivity contribution < 1.29 is 4.68 Å². The molecule has 1 spiro atoms. The van der Waals surface area contributed by atoms with E-state index in [1.165, 1.54) is 123 Å². The third kappa shape index (κ3) is 5.42. The molecule has 4 aliphatic rings. The Bertz CT molecular complexity index is 3900. The molecule has 0 amide bonds. The van der Waals surface area contributed by atoms with Gasteiger partial charge in [0.2, 0.25) is 16.9 Å². The Hall–Kier alpha value is -7.57. The predicted molar refractivity (Wildman–Crippen MR) is 302 cm³/mol. The van der Waals surface area contributed by atoms with E-state index in [9.17, 15) is 0 Å². The van der Waals surface area contributed by atoms with E-state index in [2.05, 4.69) is 272 Å². The molecule has 0 bridgehead atoms. The van der Waals surface area contributed by atoms with Crippen molar-refractivity contribution in [1.82, 2.24) is 13.6 Å². The number of nitrogens with zero attached hydrogens (tertiary/aromatic N) is 5. The molecule has 72 heavy (non-hydrogen) atoms. The summed E-state index contributed by atoms with van der Waals surface area (Å²) in [6.07, 6.45) is 2.16. The van der Waals surface area contributed by atoms with E-state index in [0.717, 1.165) is 0 Å². The summed E-state index contributed by atoms with van der Waals surface area (Å²) in [6, 6.07) is 70.0. The first-order valence-electron chi connectivity index (χ1n) is 25.9. The molecule has 0 N–H and O–H groups in total. The van der Waals surface area contributed by atoms with Crippen LogP contribution in [0.1, 0.15) is 79.0 Å². The fourth-order valence-corrected chi connectivity index (χ4v) is 13.7. The lowest BCUT2D eigenvalue weighted by Gasteiger charge is -2.41. The largest absolute Gasteiger partial charge is 0.361 e. The number of quaternary nitrogens is 2. The van der Waals surface area contributed by atoms with Crippen LogP contribution < -0.4 is 18.7 Å². The molecule has 2 aromatic heterocycles. The van der Waals surface area contributed by atoms with Crippen LogP contribution in [0.4, 0.5) is 34.1 Å². The second kappa shape index (κ2) is 14.3. The van der Waals surface area contributed by atoms with E-state index < -0.39 is 0 Å². The van der Waals surface area contributed by atoms with Gasteiger partial charge in [-0.1, -0.05) is 172 Å². The first-order chi connectivity index (χ1) is 34.5. The number of benzene rings is 8. The van der Waals surface area contributed by atoms with Crippen LogP contribution in [0.2, 0.25) is 0 Å². The number of para-hydroxylation sites is 5. The summed E-state index contributed by atoms with van der Waals surface area (Å²) < 4.78 is 6.31. The average molecular weight is 937 g/mol. The fourth-order valence-electron chi connectivity index (χ4n) is 13.7. The molecule has 8 aromatic carbocycles. The van der Waals surface area contributed by atoms with Crippen molar-refractivity contribution in [3.05, 3.63) is 205 Å². The number of anilines is 2. The Morgan fingerprint density at radius 1 is 0.458 bits per heavy atom. The van der Waals surface area contributed by atoms with Crippen LogP contribution in [0.15, 0.2) is 188 Å². The minimum atomic E-state index is -0.301. The third-order valence-corrected chi connectivity index (χ3v) is 16.8. The van der Waals surface area contributed by atoms with Gasteiger partial charge in [0.25, 0.3) is 5.69 Å². The SMILES string of the molecule is CC(C)(C)c1cc[n+]2c(c1)-n1c3ccccc3c3ccc4c(c31)[N+]21c2c(cccc2[N+]2(C)c3ccccc3N(c3c(-c5ccccc5)cccc3-c3ccccc3)C21)-c1cc(C(C)(C)C)c(C(C)(C)C)cc1-4. The Kier molecular flexibility index (Phi) is 8.59. The van der Waals surface area contributed by atoms with Gasteiger partial charge in [0.1, 0.15) is 11.2 Å². The van der Waals surface area contributed by atoms with Crippen molar-refractivity contribution >= 4 is 55.9 Å². The Labute approximate surface area is 424 Å². The van der Waals surface area contributed by atoms with Crippen molar-refractivity contribution in [1.29, 1.82) is 0 Å². The van der Waals surface area contributed by atoms with Crippen LogP contribution in [0.3, 0.4) is 0 Å². The van der Waals surface area contributed by atoms with Crippen molar-refractivity contribution in [2.75, 3.05) is 11.9 Å². The highest BCUT2D eigenvalue weighted by Gasteiger charge is 2.78. The van der Waals surface area contributed by atoms with E-state index in [-0.39, 0.29) is 22.5 Å². The first kappa shape index (κ1) is 43.2. The van der Waals surface area contributed by atoms with Gasteiger partial charge >= 0.3 is 12.1 Å². The summed E-state index contributed by atoms with van der Waals surface area (Å²) in [5.41, 5.74) is 23.9. The number of pyridine rings is 1. The Morgan fingerprint density at radius 2 is 1.01 bits per heavy atom. The molecule has 6 heterocycles. The molecular weight excluding hydrogens is 875 g/mol. The predicted octanol–water partition coefficient (Wildman–Crippen LogP) is 17.1. The van der Waals surface area contributed by atoms with Gasteiger partial charge in [0.15, 0.2) is 11.9 Å². The van der Waals surface area contributed by atoms with E-state index >= 15 is 0 Å². The fraction of sp³-hybridized carbons (Fsp3) is 0.209. The zero-order chi connectivity index (χ0) is 49.4. The summed E-state index contributed by atoms with van der Waals surface area (Å²) in [6.45, 7) is 21.4. The molecule has 14 rings (SSSR count). The summed E-state index contributed by atoms with van der Waals surface area (Å²) >= 11 is 0. The molecule has 352 valence electrons. The topological polar surface area (TPSA) is 12.0 Å². The minimum Gasteiger partial charge on any atom is -0.231 e. The van der Waals surface area contributed by atoms with Crippen molar-refractivity contribution in [3.8, 4) is 50.3 Å². The molecule has 10 aromatic rings. The summed E-state index contributed by atoms with van der Waals surface area (Å²) in [4.78, 5) is 2.80. The second-order valence-electron chi connectivity index (χ2n) is 24.1. The number of fused-ring (bicyclic) bond motifs is 12. The molecule has 0 fully saturated rings. The maximum atomic E-state index is 2.80. The molecular formula is C67H62N5+3. The highest BCUT2D eigenvalue weighted by Crippen LogP contribution is 2.71. The van der Waals surface area contributed by atoms with Gasteiger partial charge in [-0.3, -0.25) is 0 Å². The van der Waals surface area contributed by atoms with Crippen LogP contribution >= 0.6 is 0 Å². The second-order valence-corrected chi connectivity index (χ2v) is 24.1. The molecule has 5 nitrogen and oxygen atoms in total. The zero-order valence-corrected chi connectivity index (χ0v) is 43.2. The molecule has 0 saturated heterocycles. The molecule has 5 heteroatoms. The number of rotatable bonds is 3. The molecule has 3 atom stereocenters. The van der Waals surface area contributed by atoms with Crippen molar-refractivity contribution in [3.63, 3.8) is 0 Å². The minimum absolute atomic E-state index is 0.102. The van der Waals surface area contributed by atoms with Gasteiger partial charge in [-0.2, -0.15) is 9.05 Å². The quantitative estimate of drug-likeness (QED) is 0.127. The van der Waals surface area contributed by atoms with Crippen LogP contribution in [-0.4, -0.2) is 17.9 Å². The van der Waals surface area contributed by atoms with Crippen molar-refractivity contribution in [2.24, 2.45) is 0 Å². The molecule has 4 aliphatic heterocycles. The lowest BCUT2D eigenvalue weighted by atomic mass is 9.72. The van der Waals surface area contributed by atoms with Crippen LogP contribution in [0, 0.1) is 0 Å². The van der Waals surface area contributed by atoms with Gasteiger partial charge in [0.05, 0.1) is 23.9 Å². The lowest BCUT2D eigenvalue weighted by molar-refractivity contribution is -0.796. The number of hydrogen-bond acceptors (Lipinski definition) is 1. The van der Waals surface area contributed by atoms with Gasteiger partial charge in [-0.05, 0) is 119 Å². The molecule has 0 radical (unpaired) electrons. The van der Waals surface area contributed by atoms with Gasteiger partial charge < -0.3 is 0 Å². The standard InChI is InChI=1S/C67H62N5/c1-65(2,3)44-37-38-68-59(39-44)69-55-31-18-17-27-47(55)48-35-36-50-52-41-54(67(7,8)9)53(66(4,5)6)40-51(52)49-30-22-34-58-62(49)72(68,63(50)61(48)69)64-70(56-32-19-20-33-57(56)71(58,64)10)60-45(42-23-13-11-14-24-42)28-21-29-46(60)43-25-15-12-16-26-43/h11-41,64H,1-10H3/q+3. The Balaban J connectivity index is 1.25. The molecule has 0 aliphatic carbocycles. The normalized spacial score (nSPS) is 19.2. The number of aromatic nitrogens is 2. The highest BCUT2D eigenvalue weighted by molar-refractivity contribution is 6.19. The van der Waals surface area contributed by atoms with Crippen LogP contribution in [-0.2, 0) is 16.2 Å². The maximum Gasteiger partial charge on any atom is 0.361 e. The summed E-state index contributed by atoms with van der Waals surface area (Å²) in [5, 5.41) is 2.54. The number of hydrogen-bond donors (Lipinski definition) is 0.